The maximum atomic E-state index is 11.3. The van der Waals surface area contributed by atoms with E-state index in [1.54, 1.807) is 0 Å². The van der Waals surface area contributed by atoms with Crippen LogP contribution in [0.2, 0.25) is 0 Å². The van der Waals surface area contributed by atoms with Crippen LogP contribution in [0.5, 0.6) is 0 Å². The van der Waals surface area contributed by atoms with Crippen molar-refractivity contribution in [1.82, 2.24) is 10.6 Å². The Morgan fingerprint density at radius 3 is 2.62 bits per heavy atom. The average molecular weight is 230 g/mol. The Kier molecular flexibility index (Phi) is 6.92. The minimum atomic E-state index is -0.0406. The van der Waals surface area contributed by atoms with Crippen molar-refractivity contribution < 1.29 is 14.4 Å². The van der Waals surface area contributed by atoms with E-state index in [2.05, 4.69) is 17.6 Å². The van der Waals surface area contributed by atoms with Gasteiger partial charge in [-0.2, -0.15) is 0 Å². The van der Waals surface area contributed by atoms with Crippen LogP contribution in [0.25, 0.3) is 0 Å². The molecule has 0 bridgehead atoms. The summed E-state index contributed by atoms with van der Waals surface area (Å²) >= 11 is 0. The zero-order chi connectivity index (χ0) is 11.6. The average Bonchev–Trinajstić information content (AvgIpc) is 2.31. The molecule has 2 amide bonds. The molecule has 0 radical (unpaired) electrons. The van der Waals surface area contributed by atoms with Gasteiger partial charge in [0.05, 0.1) is 26.3 Å². The van der Waals surface area contributed by atoms with Crippen LogP contribution < -0.4 is 15.5 Å². The van der Waals surface area contributed by atoms with Crippen LogP contribution in [-0.4, -0.2) is 52.0 Å². The largest absolute Gasteiger partial charge is 0.370 e. The van der Waals surface area contributed by atoms with Crippen molar-refractivity contribution in [2.45, 2.75) is 19.8 Å². The monoisotopic (exact) mass is 230 g/mol. The molecule has 5 nitrogen and oxygen atoms in total. The number of urea groups is 1. The molecule has 94 valence electrons. The van der Waals surface area contributed by atoms with Gasteiger partial charge in [-0.05, 0) is 6.42 Å². The summed E-state index contributed by atoms with van der Waals surface area (Å²) in [7, 11) is 0. The molecule has 1 aliphatic rings. The zero-order valence-electron chi connectivity index (χ0n) is 10.2. The Balaban J connectivity index is 1.94. The molecule has 16 heavy (non-hydrogen) atoms. The van der Waals surface area contributed by atoms with Gasteiger partial charge in [-0.25, -0.2) is 4.79 Å². The van der Waals surface area contributed by atoms with Crippen LogP contribution in [0.3, 0.4) is 0 Å². The van der Waals surface area contributed by atoms with E-state index in [1.165, 1.54) is 4.90 Å². The summed E-state index contributed by atoms with van der Waals surface area (Å²) in [5, 5.41) is 5.71. The third-order valence-electron chi connectivity index (χ3n) is 2.78. The van der Waals surface area contributed by atoms with Crippen LogP contribution in [0.4, 0.5) is 4.79 Å². The van der Waals surface area contributed by atoms with E-state index in [4.69, 9.17) is 4.74 Å². The van der Waals surface area contributed by atoms with Gasteiger partial charge in [0.15, 0.2) is 0 Å². The molecule has 5 heteroatoms. The summed E-state index contributed by atoms with van der Waals surface area (Å²) in [5.41, 5.74) is 0. The maximum absolute atomic E-state index is 11.3. The summed E-state index contributed by atoms with van der Waals surface area (Å²) in [6.07, 6.45) is 2.15. The van der Waals surface area contributed by atoms with Gasteiger partial charge < -0.3 is 20.3 Å². The van der Waals surface area contributed by atoms with E-state index in [-0.39, 0.29) is 6.03 Å². The minimum absolute atomic E-state index is 0.0406. The van der Waals surface area contributed by atoms with Gasteiger partial charge in [0.25, 0.3) is 0 Å². The Morgan fingerprint density at radius 2 is 1.94 bits per heavy atom. The third-order valence-corrected chi connectivity index (χ3v) is 2.78. The van der Waals surface area contributed by atoms with Crippen molar-refractivity contribution >= 4 is 6.03 Å². The van der Waals surface area contributed by atoms with Crippen molar-refractivity contribution in [3.8, 4) is 0 Å². The molecular formula is C11H24N3O2+. The SMILES string of the molecule is CCCCNC(=O)NCC[NH+]1CCOCC1. The molecule has 1 aliphatic heterocycles. The normalized spacial score (nSPS) is 17.1. The number of quaternary nitrogens is 1. The van der Waals surface area contributed by atoms with Gasteiger partial charge in [-0.15, -0.1) is 0 Å². The predicted octanol–water partition coefficient (Wildman–Crippen LogP) is -0.999. The molecule has 0 unspecified atom stereocenters. The zero-order valence-corrected chi connectivity index (χ0v) is 10.2. The quantitative estimate of drug-likeness (QED) is 0.513. The number of rotatable bonds is 6. The van der Waals surface area contributed by atoms with Crippen molar-refractivity contribution in [3.05, 3.63) is 0 Å². The van der Waals surface area contributed by atoms with Gasteiger partial charge in [0.2, 0.25) is 0 Å². The van der Waals surface area contributed by atoms with E-state index in [9.17, 15) is 4.79 Å². The number of carbonyl (C=O) groups excluding carboxylic acids is 1. The van der Waals surface area contributed by atoms with Gasteiger partial charge in [-0.1, -0.05) is 13.3 Å². The number of hydrogen-bond donors (Lipinski definition) is 3. The second-order valence-electron chi connectivity index (χ2n) is 4.15. The van der Waals surface area contributed by atoms with E-state index >= 15 is 0 Å². The van der Waals surface area contributed by atoms with Gasteiger partial charge in [0, 0.05) is 6.54 Å². The molecular weight excluding hydrogens is 206 g/mol. The maximum Gasteiger partial charge on any atom is 0.314 e. The van der Waals surface area contributed by atoms with Crippen molar-refractivity contribution in [2.24, 2.45) is 0 Å². The van der Waals surface area contributed by atoms with Crippen molar-refractivity contribution in [1.29, 1.82) is 0 Å². The lowest BCUT2D eigenvalue weighted by Crippen LogP contribution is -3.14. The van der Waals surface area contributed by atoms with Crippen LogP contribution >= 0.6 is 0 Å². The first-order chi connectivity index (χ1) is 7.83. The van der Waals surface area contributed by atoms with Crippen LogP contribution in [0.15, 0.2) is 0 Å². The van der Waals surface area contributed by atoms with E-state index in [0.717, 1.165) is 58.8 Å². The smallest absolute Gasteiger partial charge is 0.314 e. The molecule has 0 aromatic rings. The molecule has 0 atom stereocenters. The summed E-state index contributed by atoms with van der Waals surface area (Å²) in [6, 6.07) is -0.0406. The topological polar surface area (TPSA) is 54.8 Å². The first kappa shape index (κ1) is 13.3. The molecule has 0 aromatic carbocycles. The van der Waals surface area contributed by atoms with Crippen molar-refractivity contribution in [2.75, 3.05) is 45.9 Å². The van der Waals surface area contributed by atoms with Crippen LogP contribution in [-0.2, 0) is 4.74 Å². The molecule has 0 aromatic heterocycles. The first-order valence-electron chi connectivity index (χ1n) is 6.26. The predicted molar refractivity (Wildman–Crippen MR) is 62.7 cm³/mol. The highest BCUT2D eigenvalue weighted by molar-refractivity contribution is 5.73. The Hall–Kier alpha value is -0.810. The van der Waals surface area contributed by atoms with E-state index in [0.29, 0.717) is 0 Å². The summed E-state index contributed by atoms with van der Waals surface area (Å²) in [5.74, 6) is 0. The molecule has 0 spiro atoms. The molecule has 1 heterocycles. The second kappa shape index (κ2) is 8.35. The number of ether oxygens (including phenoxy) is 1. The standard InChI is InChI=1S/C11H23N3O2/c1-2-3-4-12-11(15)13-5-6-14-7-9-16-10-8-14/h2-10H2,1H3,(H2,12,13,15)/p+1. The number of unbranched alkanes of at least 4 members (excludes halogenated alkanes) is 1. The van der Waals surface area contributed by atoms with Gasteiger partial charge >= 0.3 is 6.03 Å². The highest BCUT2D eigenvalue weighted by Gasteiger charge is 2.13. The number of amides is 2. The van der Waals surface area contributed by atoms with Gasteiger partial charge in [-0.3, -0.25) is 0 Å². The molecule has 3 N–H and O–H groups in total. The fraction of sp³-hybridized carbons (Fsp3) is 0.909. The number of carbonyl (C=O) groups is 1. The summed E-state index contributed by atoms with van der Waals surface area (Å²) < 4.78 is 5.27. The fourth-order valence-electron chi connectivity index (χ4n) is 1.70. The van der Waals surface area contributed by atoms with Crippen LogP contribution in [0, 0.1) is 0 Å². The molecule has 1 fully saturated rings. The van der Waals surface area contributed by atoms with E-state index < -0.39 is 0 Å². The number of nitrogens with one attached hydrogen (secondary N) is 3. The Labute approximate surface area is 97.5 Å². The number of morpholine rings is 1. The molecule has 1 rings (SSSR count). The van der Waals surface area contributed by atoms with E-state index in [1.807, 2.05) is 0 Å². The lowest BCUT2D eigenvalue weighted by atomic mass is 10.3. The Morgan fingerprint density at radius 1 is 1.25 bits per heavy atom. The second-order valence-corrected chi connectivity index (χ2v) is 4.15. The summed E-state index contributed by atoms with van der Waals surface area (Å²) in [6.45, 7) is 8.42. The lowest BCUT2D eigenvalue weighted by Gasteiger charge is -2.23. The highest BCUT2D eigenvalue weighted by Crippen LogP contribution is 1.81. The third kappa shape index (κ3) is 5.92. The van der Waals surface area contributed by atoms with Crippen LogP contribution in [0.1, 0.15) is 19.8 Å². The lowest BCUT2D eigenvalue weighted by molar-refractivity contribution is -0.906. The number of hydrogen-bond acceptors (Lipinski definition) is 2. The molecule has 0 saturated carbocycles. The fourth-order valence-corrected chi connectivity index (χ4v) is 1.70. The minimum Gasteiger partial charge on any atom is -0.370 e. The van der Waals surface area contributed by atoms with Gasteiger partial charge in [0.1, 0.15) is 13.1 Å². The molecule has 0 aliphatic carbocycles. The first-order valence-corrected chi connectivity index (χ1v) is 6.26. The Bertz CT molecular complexity index is 194. The van der Waals surface area contributed by atoms with Crippen molar-refractivity contribution in [3.63, 3.8) is 0 Å². The molecule has 1 saturated heterocycles. The highest BCUT2D eigenvalue weighted by atomic mass is 16.5. The summed E-state index contributed by atoms with van der Waals surface area (Å²) in [4.78, 5) is 12.8.